The minimum absolute atomic E-state index is 0.163. The van der Waals surface area contributed by atoms with Gasteiger partial charge in [-0.05, 0) is 20.3 Å². The molecule has 0 aromatic rings. The molecule has 2 atom stereocenters. The second kappa shape index (κ2) is 6.67. The summed E-state index contributed by atoms with van der Waals surface area (Å²) in [6.45, 7) is 13.9. The average molecular weight is 254 g/mol. The van der Waals surface area contributed by atoms with E-state index in [2.05, 4.69) is 37.9 Å². The number of nitrogens with zero attached hydrogens (tertiary/aromatic N) is 1. The van der Waals surface area contributed by atoms with Crippen molar-refractivity contribution < 1.29 is 4.79 Å². The van der Waals surface area contributed by atoms with E-state index in [-0.39, 0.29) is 5.92 Å². The van der Waals surface area contributed by atoms with Gasteiger partial charge in [0.15, 0.2) is 0 Å². The maximum atomic E-state index is 11.9. The van der Waals surface area contributed by atoms with E-state index in [1.165, 1.54) is 0 Å². The van der Waals surface area contributed by atoms with Crippen LogP contribution in [0.25, 0.3) is 0 Å². The molecule has 0 aromatic carbocycles. The molecule has 1 aliphatic rings. The van der Waals surface area contributed by atoms with Crippen molar-refractivity contribution in [2.75, 3.05) is 6.54 Å². The normalized spacial score (nSPS) is 25.6. The van der Waals surface area contributed by atoms with Gasteiger partial charge in [-0.1, -0.05) is 27.7 Å². The molecular weight excluding hydrogens is 224 g/mol. The predicted octanol–water partition coefficient (Wildman–Crippen LogP) is 2.45. The van der Waals surface area contributed by atoms with Gasteiger partial charge in [-0.15, -0.1) is 0 Å². The van der Waals surface area contributed by atoms with Gasteiger partial charge in [0.05, 0.1) is 0 Å². The second-order valence-electron chi connectivity index (χ2n) is 6.52. The summed E-state index contributed by atoms with van der Waals surface area (Å²) in [7, 11) is 0. The Morgan fingerprint density at radius 1 is 1.22 bits per heavy atom. The van der Waals surface area contributed by atoms with Crippen molar-refractivity contribution in [3.8, 4) is 0 Å². The molecule has 1 heterocycles. The molecule has 3 heteroatoms. The van der Waals surface area contributed by atoms with Gasteiger partial charge in [-0.25, -0.2) is 0 Å². The summed E-state index contributed by atoms with van der Waals surface area (Å²) in [5.41, 5.74) is 0. The van der Waals surface area contributed by atoms with Crippen LogP contribution in [0.4, 0.5) is 0 Å². The maximum Gasteiger partial charge on any atom is 0.136 e. The van der Waals surface area contributed by atoms with Gasteiger partial charge in [-0.2, -0.15) is 0 Å². The molecule has 1 saturated heterocycles. The zero-order valence-electron chi connectivity index (χ0n) is 12.9. The fraction of sp³-hybridized carbons (Fsp3) is 0.933. The Morgan fingerprint density at radius 3 is 2.28 bits per heavy atom. The van der Waals surface area contributed by atoms with E-state index >= 15 is 0 Å². The van der Waals surface area contributed by atoms with Crippen LogP contribution in [-0.4, -0.2) is 41.4 Å². The average Bonchev–Trinajstić information content (AvgIpc) is 2.59. The van der Waals surface area contributed by atoms with E-state index in [1.807, 2.05) is 13.8 Å². The van der Waals surface area contributed by atoms with Gasteiger partial charge in [0, 0.05) is 43.1 Å². The molecule has 3 nitrogen and oxygen atoms in total. The SMILES string of the molecule is CC(C)N[C@@H]1C[C@H](CC(=O)C(C)C)N(C(C)C)C1. The largest absolute Gasteiger partial charge is 0.310 e. The molecule has 18 heavy (non-hydrogen) atoms. The number of carbonyl (C=O) groups excluding carboxylic acids is 1. The van der Waals surface area contributed by atoms with Gasteiger partial charge in [-0.3, -0.25) is 9.69 Å². The van der Waals surface area contributed by atoms with Gasteiger partial charge >= 0.3 is 0 Å². The Balaban J connectivity index is 2.61. The zero-order valence-corrected chi connectivity index (χ0v) is 12.9. The molecule has 0 saturated carbocycles. The van der Waals surface area contributed by atoms with Crippen molar-refractivity contribution >= 4 is 5.78 Å². The monoisotopic (exact) mass is 254 g/mol. The summed E-state index contributed by atoms with van der Waals surface area (Å²) in [4.78, 5) is 14.4. The third-order valence-electron chi connectivity index (χ3n) is 3.77. The Bertz CT molecular complexity index is 274. The number of ketones is 1. The van der Waals surface area contributed by atoms with Crippen molar-refractivity contribution in [2.45, 2.75) is 78.6 Å². The van der Waals surface area contributed by atoms with Gasteiger partial charge in [0.1, 0.15) is 5.78 Å². The molecule has 1 aliphatic heterocycles. The third-order valence-corrected chi connectivity index (χ3v) is 3.77. The highest BCUT2D eigenvalue weighted by Gasteiger charge is 2.34. The van der Waals surface area contributed by atoms with Gasteiger partial charge in [0.2, 0.25) is 0 Å². The van der Waals surface area contributed by atoms with Crippen molar-refractivity contribution in [3.05, 3.63) is 0 Å². The molecular formula is C15H30N2O. The Hall–Kier alpha value is -0.410. The van der Waals surface area contributed by atoms with E-state index in [0.717, 1.165) is 13.0 Å². The number of nitrogens with one attached hydrogen (secondary N) is 1. The number of carbonyl (C=O) groups is 1. The maximum absolute atomic E-state index is 11.9. The zero-order chi connectivity index (χ0) is 13.9. The summed E-state index contributed by atoms with van der Waals surface area (Å²) in [5, 5.41) is 3.61. The van der Waals surface area contributed by atoms with Gasteiger partial charge in [0.25, 0.3) is 0 Å². The van der Waals surface area contributed by atoms with Crippen molar-refractivity contribution in [2.24, 2.45) is 5.92 Å². The smallest absolute Gasteiger partial charge is 0.136 e. The van der Waals surface area contributed by atoms with Crippen LogP contribution in [0.2, 0.25) is 0 Å². The number of hydrogen-bond donors (Lipinski definition) is 1. The lowest BCUT2D eigenvalue weighted by molar-refractivity contribution is -0.123. The third kappa shape index (κ3) is 4.36. The highest BCUT2D eigenvalue weighted by Crippen LogP contribution is 2.24. The van der Waals surface area contributed by atoms with E-state index in [1.54, 1.807) is 0 Å². The van der Waals surface area contributed by atoms with Crippen molar-refractivity contribution in [1.29, 1.82) is 0 Å². The molecule has 0 bridgehead atoms. The lowest BCUT2D eigenvalue weighted by Crippen LogP contribution is -2.40. The first-order chi connectivity index (χ1) is 8.31. The molecule has 1 fully saturated rings. The first-order valence-corrected chi connectivity index (χ1v) is 7.35. The first kappa shape index (κ1) is 15.6. The van der Waals surface area contributed by atoms with Crippen LogP contribution in [0.1, 0.15) is 54.4 Å². The number of hydrogen-bond acceptors (Lipinski definition) is 3. The first-order valence-electron chi connectivity index (χ1n) is 7.35. The number of rotatable bonds is 6. The Kier molecular flexibility index (Phi) is 5.80. The summed E-state index contributed by atoms with van der Waals surface area (Å²) in [5.74, 6) is 0.562. The van der Waals surface area contributed by atoms with Crippen LogP contribution in [0.15, 0.2) is 0 Å². The van der Waals surface area contributed by atoms with E-state index < -0.39 is 0 Å². The molecule has 0 aromatic heterocycles. The second-order valence-corrected chi connectivity index (χ2v) is 6.52. The summed E-state index contributed by atoms with van der Waals surface area (Å²) < 4.78 is 0. The Labute approximate surface area is 112 Å². The fourth-order valence-corrected chi connectivity index (χ4v) is 2.84. The lowest BCUT2D eigenvalue weighted by atomic mass is 9.99. The van der Waals surface area contributed by atoms with Crippen LogP contribution in [0.5, 0.6) is 0 Å². The number of Topliss-reactive ketones (excluding diaryl/α,β-unsaturated/α-hetero) is 1. The van der Waals surface area contributed by atoms with Crippen LogP contribution >= 0.6 is 0 Å². The van der Waals surface area contributed by atoms with Crippen molar-refractivity contribution in [1.82, 2.24) is 10.2 Å². The lowest BCUT2D eigenvalue weighted by Gasteiger charge is -2.28. The molecule has 0 unspecified atom stereocenters. The molecule has 106 valence electrons. The van der Waals surface area contributed by atoms with E-state index in [9.17, 15) is 4.79 Å². The summed E-state index contributed by atoms with van der Waals surface area (Å²) in [6, 6.07) is 2.01. The summed E-state index contributed by atoms with van der Waals surface area (Å²) in [6.07, 6.45) is 1.82. The molecule has 1 N–H and O–H groups in total. The highest BCUT2D eigenvalue weighted by molar-refractivity contribution is 5.80. The standard InChI is InChI=1S/C15H30N2O/c1-10(2)15(18)8-14-7-13(16-11(3)4)9-17(14)12(5)6/h10-14,16H,7-9H2,1-6H3/t13-,14-/m1/s1. The molecule has 0 amide bonds. The van der Waals surface area contributed by atoms with Crippen LogP contribution < -0.4 is 5.32 Å². The minimum atomic E-state index is 0.163. The van der Waals surface area contributed by atoms with Crippen LogP contribution in [-0.2, 0) is 4.79 Å². The van der Waals surface area contributed by atoms with E-state index in [4.69, 9.17) is 0 Å². The van der Waals surface area contributed by atoms with Crippen LogP contribution in [0.3, 0.4) is 0 Å². The predicted molar refractivity (Wildman–Crippen MR) is 76.8 cm³/mol. The van der Waals surface area contributed by atoms with E-state index in [0.29, 0.717) is 36.4 Å². The Morgan fingerprint density at radius 2 is 1.83 bits per heavy atom. The fourth-order valence-electron chi connectivity index (χ4n) is 2.84. The molecule has 0 spiro atoms. The number of likely N-dealkylation sites (tertiary alicyclic amines) is 1. The summed E-state index contributed by atoms with van der Waals surface area (Å²) >= 11 is 0. The quantitative estimate of drug-likeness (QED) is 0.790. The van der Waals surface area contributed by atoms with Gasteiger partial charge < -0.3 is 5.32 Å². The van der Waals surface area contributed by atoms with Crippen LogP contribution in [0, 0.1) is 5.92 Å². The van der Waals surface area contributed by atoms with Crippen molar-refractivity contribution in [3.63, 3.8) is 0 Å². The topological polar surface area (TPSA) is 32.3 Å². The molecule has 1 rings (SSSR count). The minimum Gasteiger partial charge on any atom is -0.310 e. The highest BCUT2D eigenvalue weighted by atomic mass is 16.1. The molecule has 0 radical (unpaired) electrons. The molecule has 0 aliphatic carbocycles.